The number of hydrogen-bond donors (Lipinski definition) is 2. The largest absolute Gasteiger partial charge is 0.507 e. The van der Waals surface area contributed by atoms with E-state index in [9.17, 15) is 19.8 Å². The number of aromatic hydroxyl groups is 2. The van der Waals surface area contributed by atoms with E-state index in [0.29, 0.717) is 37.7 Å². The molecule has 82 heavy (non-hydrogen) atoms. The quantitative estimate of drug-likeness (QED) is 0.0698. The average molecular weight is 1090 g/mol. The summed E-state index contributed by atoms with van der Waals surface area (Å²) in [5, 5.41) is 24.9. The summed E-state index contributed by atoms with van der Waals surface area (Å²) in [6.45, 7) is 25.8. The highest BCUT2D eigenvalue weighted by Crippen LogP contribution is 2.44. The van der Waals surface area contributed by atoms with Crippen LogP contribution in [-0.2, 0) is 59.7 Å². The third-order valence-corrected chi connectivity index (χ3v) is 16.1. The van der Waals surface area contributed by atoms with Crippen LogP contribution in [0.2, 0.25) is 0 Å². The molecule has 0 saturated heterocycles. The molecule has 1 aliphatic heterocycles. The molecule has 9 rings (SSSR count). The Bertz CT molecular complexity index is 3670. The van der Waals surface area contributed by atoms with Gasteiger partial charge in [0.2, 0.25) is 0 Å². The predicted octanol–water partition coefficient (Wildman–Crippen LogP) is 15.3. The van der Waals surface area contributed by atoms with Crippen molar-refractivity contribution < 1.29 is 29.3 Å². The van der Waals surface area contributed by atoms with Crippen LogP contribution in [0.15, 0.2) is 194 Å². The maximum atomic E-state index is 14.1. The molecule has 8 aromatic carbocycles. The lowest BCUT2D eigenvalue weighted by atomic mass is 9.75. The van der Waals surface area contributed by atoms with Crippen LogP contribution < -0.4 is 29.1 Å². The molecule has 0 radical (unpaired) electrons. The van der Waals surface area contributed by atoms with Gasteiger partial charge in [-0.2, -0.15) is 0 Å². The fourth-order valence-corrected chi connectivity index (χ4v) is 11.0. The van der Waals surface area contributed by atoms with Gasteiger partial charge >= 0.3 is 11.9 Å². The maximum absolute atomic E-state index is 14.1. The molecular formula is C72H76N4O6. The van der Waals surface area contributed by atoms with Crippen LogP contribution >= 0.6 is 0 Å². The topological polar surface area (TPSA) is 106 Å². The molecule has 0 atom stereocenters. The number of benzene rings is 8. The summed E-state index contributed by atoms with van der Waals surface area (Å²) in [4.78, 5) is 36.5. The molecule has 1 heterocycles. The van der Waals surface area contributed by atoms with E-state index >= 15 is 0 Å². The summed E-state index contributed by atoms with van der Waals surface area (Å²) in [5.41, 5.74) is 12.7. The first-order valence-electron chi connectivity index (χ1n) is 27.9. The van der Waals surface area contributed by atoms with Crippen molar-refractivity contribution >= 4 is 34.7 Å². The number of esters is 2. The van der Waals surface area contributed by atoms with Crippen molar-refractivity contribution in [1.29, 1.82) is 0 Å². The number of nitrogens with zero attached hydrogens (tertiary/aromatic N) is 4. The Hall–Kier alpha value is -9.02. The zero-order valence-electron chi connectivity index (χ0n) is 49.1. The normalized spacial score (nSPS) is 13.8. The minimum atomic E-state index is -0.755. The number of rotatable bonds is 12. The zero-order valence-corrected chi connectivity index (χ0v) is 49.1. The Kier molecular flexibility index (Phi) is 16.9. The number of hydrogen-bond acceptors (Lipinski definition) is 10. The third kappa shape index (κ3) is 12.5. The monoisotopic (exact) mass is 1090 g/mol. The highest BCUT2D eigenvalue weighted by molar-refractivity contribution is 5.90. The molecule has 10 nitrogen and oxygen atoms in total. The van der Waals surface area contributed by atoms with Gasteiger partial charge in [-0.05, 0) is 146 Å². The number of aryl methyl sites for hydroxylation is 2. The Labute approximate surface area is 484 Å². The highest BCUT2D eigenvalue weighted by Gasteiger charge is 2.33. The second-order valence-electron chi connectivity index (χ2n) is 23.2. The Morgan fingerprint density at radius 3 is 1.27 bits per heavy atom. The van der Waals surface area contributed by atoms with Gasteiger partial charge in [0, 0.05) is 131 Å². The average Bonchev–Trinajstić information content (AvgIpc) is 3.62. The van der Waals surface area contributed by atoms with Gasteiger partial charge in [0.1, 0.15) is 23.0 Å². The smallest absolute Gasteiger partial charge is 0.338 e. The molecule has 420 valence electrons. The van der Waals surface area contributed by atoms with Gasteiger partial charge in [0.15, 0.2) is 0 Å². The summed E-state index contributed by atoms with van der Waals surface area (Å²) >= 11 is 0. The molecule has 2 N–H and O–H groups in total. The van der Waals surface area contributed by atoms with Crippen LogP contribution in [0.4, 0.5) is 22.7 Å². The van der Waals surface area contributed by atoms with E-state index in [2.05, 4.69) is 158 Å². The van der Waals surface area contributed by atoms with Crippen molar-refractivity contribution in [1.82, 2.24) is 0 Å². The first-order valence-corrected chi connectivity index (χ1v) is 27.9. The second-order valence-corrected chi connectivity index (χ2v) is 23.2. The van der Waals surface area contributed by atoms with Crippen molar-refractivity contribution in [3.05, 3.63) is 261 Å². The minimum Gasteiger partial charge on any atom is -0.507 e. The van der Waals surface area contributed by atoms with E-state index < -0.39 is 22.8 Å². The van der Waals surface area contributed by atoms with Crippen LogP contribution in [0.5, 0.6) is 23.0 Å². The number of carbonyl (C=O) groups is 2. The molecule has 0 amide bonds. The standard InChI is InChI=1S/C72H76N4O6/c1-47(2)69(79)81-67-50(6)34-58-39-55(67)45-76(64-31-23-16-24-32-64)46-56-40-60(38-54(68(56)82-70(80)48(3)4)42-74(12)62-27-19-14-20-28-62)72(9,10)59-35-51(41-73(11)61-25-17-13-18-26-61)66(78)53(37-59)44-75(63-29-21-15-22-30-63)43-52-36-57(71(58,7)8)33-49(5)65(52)77/h13-40,77-78H,1,3,41-46H2,2,4-12H3. The number of carbonyl (C=O) groups excluding carboxylic acids is 2. The summed E-state index contributed by atoms with van der Waals surface area (Å²) < 4.78 is 12.9. The molecule has 10 heteroatoms. The van der Waals surface area contributed by atoms with Crippen molar-refractivity contribution in [2.24, 2.45) is 0 Å². The van der Waals surface area contributed by atoms with Crippen LogP contribution in [0.25, 0.3) is 0 Å². The summed E-state index contributed by atoms with van der Waals surface area (Å²) in [6.07, 6.45) is 0. The maximum Gasteiger partial charge on any atom is 0.338 e. The van der Waals surface area contributed by atoms with Crippen molar-refractivity contribution in [3.8, 4) is 23.0 Å². The molecule has 0 unspecified atom stereocenters. The molecule has 0 aliphatic carbocycles. The van der Waals surface area contributed by atoms with Gasteiger partial charge in [0.05, 0.1) is 0 Å². The second kappa shape index (κ2) is 24.0. The van der Waals surface area contributed by atoms with Gasteiger partial charge in [-0.3, -0.25) is 0 Å². The Morgan fingerprint density at radius 1 is 0.476 bits per heavy atom. The molecule has 8 aromatic rings. The van der Waals surface area contributed by atoms with E-state index in [1.165, 1.54) is 0 Å². The van der Waals surface area contributed by atoms with Crippen molar-refractivity contribution in [2.75, 3.05) is 33.7 Å². The van der Waals surface area contributed by atoms with E-state index in [-0.39, 0.29) is 35.7 Å². The number of fused-ring (bicyclic) bond motifs is 8. The molecule has 1 aliphatic rings. The Balaban J connectivity index is 1.36. The van der Waals surface area contributed by atoms with Crippen LogP contribution in [0.3, 0.4) is 0 Å². The van der Waals surface area contributed by atoms with Gasteiger partial charge in [-0.15, -0.1) is 0 Å². The van der Waals surface area contributed by atoms with E-state index in [4.69, 9.17) is 9.47 Å². The lowest BCUT2D eigenvalue weighted by molar-refractivity contribution is -0.131. The number of anilines is 4. The van der Waals surface area contributed by atoms with Gasteiger partial charge < -0.3 is 39.3 Å². The minimum absolute atomic E-state index is 0.190. The zero-order chi connectivity index (χ0) is 58.6. The molecule has 0 spiro atoms. The van der Waals surface area contributed by atoms with E-state index in [0.717, 1.165) is 89.5 Å². The SMILES string of the molecule is C=C(C)C(=O)Oc1c(C)cc2cc1CN(c1ccccc1)Cc1cc(cc(CN(C)c3ccccc3)c1OC(=O)C(=C)C)C(C)(C)c1cc(CN(C)c3ccccc3)c(O)c(c1)CN(c1ccccc1)Cc1cc(cc(C)c1O)C2(C)C. The van der Waals surface area contributed by atoms with Gasteiger partial charge in [-0.1, -0.05) is 126 Å². The van der Waals surface area contributed by atoms with E-state index in [1.807, 2.05) is 101 Å². The molecule has 0 fully saturated rings. The van der Waals surface area contributed by atoms with Crippen molar-refractivity contribution in [3.63, 3.8) is 0 Å². The summed E-state index contributed by atoms with van der Waals surface area (Å²) in [7, 11) is 4.07. The molecule has 0 aromatic heterocycles. The fraction of sp³-hybridized carbons (Fsp3) is 0.250. The number of phenolic OH excluding ortho intramolecular Hbond substituents is 2. The van der Waals surface area contributed by atoms with Gasteiger partial charge in [0.25, 0.3) is 0 Å². The van der Waals surface area contributed by atoms with Gasteiger partial charge in [-0.25, -0.2) is 9.59 Å². The first kappa shape index (κ1) is 57.7. The summed E-state index contributed by atoms with van der Waals surface area (Å²) in [6, 6.07) is 57.4. The fourth-order valence-electron chi connectivity index (χ4n) is 11.0. The highest BCUT2D eigenvalue weighted by atomic mass is 16.5. The van der Waals surface area contributed by atoms with Crippen molar-refractivity contribution in [2.45, 2.75) is 105 Å². The molecular weight excluding hydrogens is 1020 g/mol. The number of ether oxygens (including phenoxy) is 2. The summed E-state index contributed by atoms with van der Waals surface area (Å²) in [5.74, 6) is 0.167. The lowest BCUT2D eigenvalue weighted by Gasteiger charge is -2.34. The molecule has 8 bridgehead atoms. The lowest BCUT2D eigenvalue weighted by Crippen LogP contribution is -2.28. The third-order valence-electron chi connectivity index (χ3n) is 16.1. The van der Waals surface area contributed by atoms with Crippen LogP contribution in [-0.4, -0.2) is 36.2 Å². The Morgan fingerprint density at radius 2 is 0.817 bits per heavy atom. The predicted molar refractivity (Wildman–Crippen MR) is 333 cm³/mol. The van der Waals surface area contributed by atoms with E-state index in [1.54, 1.807) is 13.8 Å². The number of phenols is 2. The van der Waals surface area contributed by atoms with Crippen LogP contribution in [0, 0.1) is 13.8 Å². The first-order chi connectivity index (χ1) is 39.1. The number of para-hydroxylation sites is 4. The van der Waals surface area contributed by atoms with Crippen LogP contribution in [0.1, 0.15) is 108 Å². The molecule has 0 saturated carbocycles.